The van der Waals surface area contributed by atoms with Crippen LogP contribution in [-0.2, 0) is 11.2 Å². The van der Waals surface area contributed by atoms with Gasteiger partial charge in [0.2, 0.25) is 11.9 Å². The summed E-state index contributed by atoms with van der Waals surface area (Å²) < 4.78 is 14.6. The third-order valence-corrected chi connectivity index (χ3v) is 5.69. The molecule has 3 N–H and O–H groups in total. The number of carbonyl (C=O) groups is 1. The Kier molecular flexibility index (Phi) is 6.78. The van der Waals surface area contributed by atoms with Crippen molar-refractivity contribution in [3.63, 3.8) is 0 Å². The lowest BCUT2D eigenvalue weighted by Crippen LogP contribution is -2.43. The molecule has 1 aromatic carbocycles. The highest BCUT2D eigenvalue weighted by atomic mass is 19.1. The minimum Gasteiger partial charge on any atom is -0.382 e. The van der Waals surface area contributed by atoms with Crippen molar-refractivity contribution >= 4 is 17.7 Å². The number of nitrogens with two attached hydrogens (primary N) is 1. The van der Waals surface area contributed by atoms with Gasteiger partial charge in [0.1, 0.15) is 23.3 Å². The molecule has 1 fully saturated rings. The third-order valence-electron chi connectivity index (χ3n) is 5.69. The highest BCUT2D eigenvalue weighted by Crippen LogP contribution is 2.22. The van der Waals surface area contributed by atoms with Crippen molar-refractivity contribution in [3.8, 4) is 11.8 Å². The number of aromatic nitrogens is 4. The molecule has 0 bridgehead atoms. The maximum atomic E-state index is 13.2. The summed E-state index contributed by atoms with van der Waals surface area (Å²) in [5.41, 5.74) is 7.53. The number of nitriles is 1. The first kappa shape index (κ1) is 22.2. The lowest BCUT2D eigenvalue weighted by atomic mass is 9.97. The number of nitrogen functional groups attached to an aromatic ring is 1. The summed E-state index contributed by atoms with van der Waals surface area (Å²) in [6, 6.07) is 9.60. The zero-order chi connectivity index (χ0) is 23.2. The minimum absolute atomic E-state index is 0.00694. The fourth-order valence-electron chi connectivity index (χ4n) is 3.99. The average molecular weight is 449 g/mol. The summed E-state index contributed by atoms with van der Waals surface area (Å²) in [6.45, 7) is 1.89. The molecule has 3 heterocycles. The maximum Gasteiger partial charge on any atom is 0.225 e. The van der Waals surface area contributed by atoms with E-state index in [1.165, 1.54) is 16.8 Å². The van der Waals surface area contributed by atoms with E-state index in [0.29, 0.717) is 48.8 Å². The zero-order valence-electron chi connectivity index (χ0n) is 18.1. The molecule has 1 aliphatic heterocycles. The van der Waals surface area contributed by atoms with Crippen LogP contribution in [0.25, 0.3) is 5.69 Å². The van der Waals surface area contributed by atoms with Crippen LogP contribution in [0, 0.1) is 23.1 Å². The molecule has 10 heteroatoms. The van der Waals surface area contributed by atoms with E-state index in [2.05, 4.69) is 26.5 Å². The quantitative estimate of drug-likeness (QED) is 0.531. The molecule has 1 aliphatic rings. The Morgan fingerprint density at radius 3 is 2.76 bits per heavy atom. The van der Waals surface area contributed by atoms with Gasteiger partial charge in [0.05, 0.1) is 17.3 Å². The van der Waals surface area contributed by atoms with Crippen LogP contribution >= 0.6 is 0 Å². The van der Waals surface area contributed by atoms with Crippen molar-refractivity contribution in [1.82, 2.24) is 25.1 Å². The number of anilines is 2. The summed E-state index contributed by atoms with van der Waals surface area (Å²) in [7, 11) is 0. The van der Waals surface area contributed by atoms with Gasteiger partial charge in [-0.2, -0.15) is 10.4 Å². The van der Waals surface area contributed by atoms with Gasteiger partial charge in [-0.25, -0.2) is 19.0 Å². The van der Waals surface area contributed by atoms with E-state index in [9.17, 15) is 14.4 Å². The Hall–Kier alpha value is -4.00. The molecule has 0 radical (unpaired) electrons. The van der Waals surface area contributed by atoms with Crippen LogP contribution in [0.3, 0.4) is 0 Å². The van der Waals surface area contributed by atoms with Crippen LogP contribution in [0.4, 0.5) is 16.2 Å². The lowest BCUT2D eigenvalue weighted by Gasteiger charge is -2.31. The van der Waals surface area contributed by atoms with Crippen molar-refractivity contribution in [2.75, 3.05) is 30.3 Å². The predicted octanol–water partition coefficient (Wildman–Crippen LogP) is 2.22. The summed E-state index contributed by atoms with van der Waals surface area (Å²) in [6.07, 6.45) is 6.22. The van der Waals surface area contributed by atoms with Gasteiger partial charge in [-0.3, -0.25) is 4.79 Å². The fraction of sp³-hybridized carbons (Fsp3) is 0.348. The van der Waals surface area contributed by atoms with Crippen LogP contribution in [-0.4, -0.2) is 45.3 Å². The summed E-state index contributed by atoms with van der Waals surface area (Å²) in [5, 5.41) is 16.9. The number of aryl methyl sites for hydroxylation is 1. The van der Waals surface area contributed by atoms with Gasteiger partial charge in [0, 0.05) is 32.0 Å². The Labute approximate surface area is 191 Å². The van der Waals surface area contributed by atoms with Gasteiger partial charge in [-0.1, -0.05) is 0 Å². The van der Waals surface area contributed by atoms with E-state index in [1.54, 1.807) is 30.6 Å². The molecule has 1 atom stereocenters. The van der Waals surface area contributed by atoms with Crippen LogP contribution < -0.4 is 16.0 Å². The molecular weight excluding hydrogens is 423 g/mol. The summed E-state index contributed by atoms with van der Waals surface area (Å²) in [4.78, 5) is 23.3. The molecular formula is C23H25FN8O. The van der Waals surface area contributed by atoms with Gasteiger partial charge >= 0.3 is 0 Å². The molecule has 3 aromatic rings. The van der Waals surface area contributed by atoms with E-state index in [0.717, 1.165) is 19.4 Å². The summed E-state index contributed by atoms with van der Waals surface area (Å²) >= 11 is 0. The highest BCUT2D eigenvalue weighted by Gasteiger charge is 2.26. The van der Waals surface area contributed by atoms with Crippen LogP contribution in [0.15, 0.2) is 42.7 Å². The second kappa shape index (κ2) is 10.1. The van der Waals surface area contributed by atoms with Gasteiger partial charge < -0.3 is 16.0 Å². The number of nitrogens with zero attached hydrogens (tertiary/aromatic N) is 6. The Balaban J connectivity index is 1.31. The number of nitrogens with one attached hydrogen (secondary N) is 1. The standard InChI is InChI=1S/C23H25FN8O/c24-17-6-8-18(9-7-17)32-21(26)19(14-25)20(30-32)5-1-10-27-22(33)16-4-2-13-31(15-16)23-28-11-3-12-29-23/h3,6-9,11-12,16H,1-2,4-5,10,13,15,26H2,(H,27,33). The fourth-order valence-corrected chi connectivity index (χ4v) is 3.99. The van der Waals surface area contributed by atoms with Crippen LogP contribution in [0.5, 0.6) is 0 Å². The van der Waals surface area contributed by atoms with Crippen molar-refractivity contribution in [3.05, 3.63) is 59.8 Å². The average Bonchev–Trinajstić information content (AvgIpc) is 3.17. The van der Waals surface area contributed by atoms with E-state index in [4.69, 9.17) is 5.73 Å². The van der Waals surface area contributed by atoms with Gasteiger partial charge in [0.25, 0.3) is 0 Å². The van der Waals surface area contributed by atoms with Gasteiger partial charge in [-0.05, 0) is 56.0 Å². The smallest absolute Gasteiger partial charge is 0.225 e. The third kappa shape index (κ3) is 5.09. The molecule has 0 spiro atoms. The van der Waals surface area contributed by atoms with Gasteiger partial charge in [0.15, 0.2) is 0 Å². The molecule has 1 amide bonds. The highest BCUT2D eigenvalue weighted by molar-refractivity contribution is 5.79. The van der Waals surface area contributed by atoms with Crippen molar-refractivity contribution in [1.29, 1.82) is 5.26 Å². The van der Waals surface area contributed by atoms with Gasteiger partial charge in [-0.15, -0.1) is 0 Å². The molecule has 170 valence electrons. The number of rotatable bonds is 7. The van der Waals surface area contributed by atoms with Crippen molar-refractivity contribution in [2.45, 2.75) is 25.7 Å². The number of hydrogen-bond acceptors (Lipinski definition) is 7. The van der Waals surface area contributed by atoms with Crippen molar-refractivity contribution in [2.24, 2.45) is 5.92 Å². The number of benzene rings is 1. The first-order valence-corrected chi connectivity index (χ1v) is 10.9. The Bertz CT molecular complexity index is 1140. The number of halogens is 1. The van der Waals surface area contributed by atoms with Crippen molar-refractivity contribution < 1.29 is 9.18 Å². The maximum absolute atomic E-state index is 13.2. The van der Waals surface area contributed by atoms with E-state index >= 15 is 0 Å². The molecule has 9 nitrogen and oxygen atoms in total. The number of piperidine rings is 1. The molecule has 4 rings (SSSR count). The first-order valence-electron chi connectivity index (χ1n) is 10.9. The largest absolute Gasteiger partial charge is 0.382 e. The monoisotopic (exact) mass is 448 g/mol. The summed E-state index contributed by atoms with van der Waals surface area (Å²) in [5.74, 6) is 0.387. The second-order valence-corrected chi connectivity index (χ2v) is 7.94. The lowest BCUT2D eigenvalue weighted by molar-refractivity contribution is -0.125. The predicted molar refractivity (Wildman–Crippen MR) is 121 cm³/mol. The van der Waals surface area contributed by atoms with E-state index in [-0.39, 0.29) is 23.5 Å². The van der Waals surface area contributed by atoms with E-state index in [1.807, 2.05) is 4.90 Å². The topological polar surface area (TPSA) is 126 Å². The molecule has 1 unspecified atom stereocenters. The Morgan fingerprint density at radius 1 is 1.27 bits per heavy atom. The second-order valence-electron chi connectivity index (χ2n) is 7.94. The zero-order valence-corrected chi connectivity index (χ0v) is 18.1. The minimum atomic E-state index is -0.363. The van der Waals surface area contributed by atoms with Crippen LogP contribution in [0.1, 0.15) is 30.5 Å². The van der Waals surface area contributed by atoms with Crippen LogP contribution in [0.2, 0.25) is 0 Å². The molecule has 1 saturated heterocycles. The number of hydrogen-bond donors (Lipinski definition) is 2. The first-order chi connectivity index (χ1) is 16.1. The number of amides is 1. The normalized spacial score (nSPS) is 15.8. The Morgan fingerprint density at radius 2 is 2.03 bits per heavy atom. The molecule has 0 saturated carbocycles. The molecule has 0 aliphatic carbocycles. The van der Waals surface area contributed by atoms with E-state index < -0.39 is 0 Å². The number of carbonyl (C=O) groups excluding carboxylic acids is 1. The molecule has 2 aromatic heterocycles. The SMILES string of the molecule is N#Cc1c(CCCNC(=O)C2CCCN(c3ncccn3)C2)nn(-c2ccc(F)cc2)c1N. The molecule has 33 heavy (non-hydrogen) atoms.